The van der Waals surface area contributed by atoms with Crippen LogP contribution in [0.4, 0.5) is 5.69 Å². The van der Waals surface area contributed by atoms with E-state index in [1.54, 1.807) is 22.7 Å². The molecule has 4 aromatic rings. The number of para-hydroxylation sites is 1. The molecule has 0 radical (unpaired) electrons. The van der Waals surface area contributed by atoms with Crippen molar-refractivity contribution in [2.75, 3.05) is 44.3 Å². The maximum Gasteiger partial charge on any atom is 0.250 e. The van der Waals surface area contributed by atoms with E-state index in [1.165, 1.54) is 20.9 Å². The highest BCUT2D eigenvalue weighted by molar-refractivity contribution is 7.13. The molecule has 2 fully saturated rings. The lowest BCUT2D eigenvalue weighted by molar-refractivity contribution is -0.134. The van der Waals surface area contributed by atoms with Gasteiger partial charge in [0.05, 0.1) is 12.8 Å². The highest BCUT2D eigenvalue weighted by atomic mass is 32.1. The molecule has 2 aromatic heterocycles. The Morgan fingerprint density at radius 1 is 0.902 bits per heavy atom. The van der Waals surface area contributed by atoms with Crippen LogP contribution in [0.2, 0.25) is 0 Å². The van der Waals surface area contributed by atoms with Gasteiger partial charge in [-0.3, -0.25) is 4.79 Å². The summed E-state index contributed by atoms with van der Waals surface area (Å²) in [4.78, 5) is 23.3. The fourth-order valence-electron chi connectivity index (χ4n) is 6.27. The van der Waals surface area contributed by atoms with Crippen LogP contribution in [0.25, 0.3) is 10.4 Å². The van der Waals surface area contributed by atoms with Crippen molar-refractivity contribution in [2.24, 2.45) is 0 Å². The maximum absolute atomic E-state index is 14.1. The molecule has 0 bridgehead atoms. The zero-order valence-electron chi connectivity index (χ0n) is 23.3. The van der Waals surface area contributed by atoms with Crippen LogP contribution in [-0.2, 0) is 17.8 Å². The molecule has 8 heteroatoms. The molecule has 41 heavy (non-hydrogen) atoms. The van der Waals surface area contributed by atoms with Crippen molar-refractivity contribution in [3.05, 3.63) is 100 Å². The molecular formula is C33H38N4O2S2. The Kier molecular flexibility index (Phi) is 8.84. The van der Waals surface area contributed by atoms with Crippen molar-refractivity contribution >= 4 is 34.3 Å². The number of piperidine rings is 1. The van der Waals surface area contributed by atoms with Crippen molar-refractivity contribution in [1.29, 1.82) is 0 Å². The van der Waals surface area contributed by atoms with Crippen molar-refractivity contribution in [3.8, 4) is 10.4 Å². The van der Waals surface area contributed by atoms with Crippen LogP contribution in [-0.4, -0.2) is 71.8 Å². The second-order valence-electron chi connectivity index (χ2n) is 11.1. The number of aliphatic hydroxyl groups excluding tert-OH is 1. The standard InChI is InChI=1S/C33H38N4O2S2/c38-28(22-34-23-29-11-6-20-40-29)24-36-25-37(27-9-2-1-3-10-27)33(32(36)39)15-18-35(19-16-33)17-14-26-8-4-5-12-30(26)31-13-7-21-41-31/h1-13,20-21,28,34,38H,14-19,22-25H2/t28-/m1/s1. The van der Waals surface area contributed by atoms with Gasteiger partial charge in [0, 0.05) is 54.7 Å². The van der Waals surface area contributed by atoms with Crippen LogP contribution in [0.3, 0.4) is 0 Å². The third-order valence-corrected chi connectivity index (χ3v) is 10.2. The van der Waals surface area contributed by atoms with E-state index < -0.39 is 11.6 Å². The summed E-state index contributed by atoms with van der Waals surface area (Å²) in [5.41, 5.74) is 3.23. The first-order valence-electron chi connectivity index (χ1n) is 14.5. The summed E-state index contributed by atoms with van der Waals surface area (Å²) in [5.74, 6) is 0.154. The topological polar surface area (TPSA) is 59.1 Å². The Morgan fingerprint density at radius 2 is 1.66 bits per heavy atom. The zero-order valence-corrected chi connectivity index (χ0v) is 25.0. The molecule has 2 aliphatic heterocycles. The van der Waals surface area contributed by atoms with Crippen LogP contribution >= 0.6 is 22.7 Å². The molecule has 0 saturated carbocycles. The molecule has 2 saturated heterocycles. The number of benzene rings is 2. The lowest BCUT2D eigenvalue weighted by Crippen LogP contribution is -2.56. The Morgan fingerprint density at radius 3 is 2.41 bits per heavy atom. The number of nitrogens with one attached hydrogen (secondary N) is 1. The van der Waals surface area contributed by atoms with Crippen molar-refractivity contribution < 1.29 is 9.90 Å². The van der Waals surface area contributed by atoms with E-state index in [1.807, 2.05) is 29.2 Å². The van der Waals surface area contributed by atoms with Gasteiger partial charge < -0.3 is 25.1 Å². The number of amides is 1. The first-order valence-corrected chi connectivity index (χ1v) is 16.3. The normalized spacial score (nSPS) is 17.9. The number of anilines is 1. The number of carbonyl (C=O) groups is 1. The van der Waals surface area contributed by atoms with Gasteiger partial charge in [-0.1, -0.05) is 54.6 Å². The van der Waals surface area contributed by atoms with E-state index in [0.717, 1.165) is 51.1 Å². The fraction of sp³-hybridized carbons (Fsp3) is 0.364. The van der Waals surface area contributed by atoms with Gasteiger partial charge >= 0.3 is 0 Å². The lowest BCUT2D eigenvalue weighted by Gasteiger charge is -2.43. The van der Waals surface area contributed by atoms with Crippen molar-refractivity contribution in [2.45, 2.75) is 37.5 Å². The number of rotatable bonds is 11. The molecule has 2 aromatic carbocycles. The summed E-state index contributed by atoms with van der Waals surface area (Å²) in [7, 11) is 0. The number of aliphatic hydroxyl groups is 1. The summed E-state index contributed by atoms with van der Waals surface area (Å²) < 4.78 is 0. The van der Waals surface area contributed by atoms with Crippen molar-refractivity contribution in [1.82, 2.24) is 15.1 Å². The van der Waals surface area contributed by atoms with Gasteiger partial charge in [-0.25, -0.2) is 0 Å². The summed E-state index contributed by atoms with van der Waals surface area (Å²) in [6.45, 7) is 4.79. The van der Waals surface area contributed by atoms with Gasteiger partial charge in [0.25, 0.3) is 0 Å². The molecule has 2 N–H and O–H groups in total. The molecule has 1 spiro atoms. The Hall–Kier alpha value is -3.01. The maximum atomic E-state index is 14.1. The zero-order chi connectivity index (χ0) is 28.1. The van der Waals surface area contributed by atoms with Gasteiger partial charge in [0.2, 0.25) is 5.91 Å². The molecule has 1 amide bonds. The van der Waals surface area contributed by atoms with E-state index >= 15 is 0 Å². The predicted octanol–water partition coefficient (Wildman–Crippen LogP) is 5.31. The summed E-state index contributed by atoms with van der Waals surface area (Å²) >= 11 is 3.49. The van der Waals surface area contributed by atoms with E-state index in [9.17, 15) is 9.90 Å². The lowest BCUT2D eigenvalue weighted by atomic mass is 9.85. The number of thiophene rings is 2. The molecular weight excluding hydrogens is 549 g/mol. The number of hydrogen-bond donors (Lipinski definition) is 2. The minimum Gasteiger partial charge on any atom is -0.390 e. The molecule has 0 aliphatic carbocycles. The van der Waals surface area contributed by atoms with Gasteiger partial charge in [-0.2, -0.15) is 0 Å². The summed E-state index contributed by atoms with van der Waals surface area (Å²) in [5, 5.41) is 18.4. The molecule has 4 heterocycles. The van der Waals surface area contributed by atoms with Gasteiger partial charge in [0.1, 0.15) is 5.54 Å². The molecule has 2 aliphatic rings. The molecule has 6 rings (SSSR count). The molecule has 1 atom stereocenters. The number of nitrogens with zero attached hydrogens (tertiary/aromatic N) is 3. The SMILES string of the molecule is O=C1N(C[C@H](O)CNCc2cccs2)CN(c2ccccc2)C12CCN(CCc1ccccc1-c1cccs1)CC2. The minimum absolute atomic E-state index is 0.154. The second-order valence-corrected chi connectivity index (χ2v) is 13.0. The van der Waals surface area contributed by atoms with Crippen molar-refractivity contribution in [3.63, 3.8) is 0 Å². The number of hydrogen-bond acceptors (Lipinski definition) is 7. The van der Waals surface area contributed by atoms with Gasteiger partial charge in [-0.05, 0) is 65.4 Å². The van der Waals surface area contributed by atoms with Gasteiger partial charge in [0.15, 0.2) is 0 Å². The quantitative estimate of drug-likeness (QED) is 0.250. The largest absolute Gasteiger partial charge is 0.390 e. The average molecular weight is 587 g/mol. The third-order valence-electron chi connectivity index (χ3n) is 8.46. The first-order chi connectivity index (χ1) is 20.1. The minimum atomic E-state index is -0.616. The molecule has 0 unspecified atom stereocenters. The Bertz CT molecular complexity index is 1390. The van der Waals surface area contributed by atoms with Crippen LogP contribution in [0, 0.1) is 0 Å². The predicted molar refractivity (Wildman–Crippen MR) is 169 cm³/mol. The van der Waals surface area contributed by atoms with Crippen LogP contribution in [0.15, 0.2) is 89.6 Å². The number of likely N-dealkylation sites (tertiary alicyclic amines) is 1. The fourth-order valence-corrected chi connectivity index (χ4v) is 7.73. The molecule has 6 nitrogen and oxygen atoms in total. The third kappa shape index (κ3) is 6.27. The summed E-state index contributed by atoms with van der Waals surface area (Å²) in [6, 6.07) is 27.5. The highest BCUT2D eigenvalue weighted by Gasteiger charge is 2.53. The number of β-amino-alcohol motifs (C(OH)–C–C–N with tert-alkyl or cyclic N) is 1. The van der Waals surface area contributed by atoms with Crippen LogP contribution in [0.1, 0.15) is 23.3 Å². The smallest absolute Gasteiger partial charge is 0.250 e. The number of carbonyl (C=O) groups excluding carboxylic acids is 1. The second kappa shape index (κ2) is 12.9. The Balaban J connectivity index is 1.10. The van der Waals surface area contributed by atoms with E-state index in [-0.39, 0.29) is 5.91 Å². The van der Waals surface area contributed by atoms with E-state index in [0.29, 0.717) is 19.8 Å². The van der Waals surface area contributed by atoms with Crippen LogP contribution in [0.5, 0.6) is 0 Å². The van der Waals surface area contributed by atoms with Gasteiger partial charge in [-0.15, -0.1) is 22.7 Å². The summed E-state index contributed by atoms with van der Waals surface area (Å²) in [6.07, 6.45) is 1.96. The van der Waals surface area contributed by atoms with E-state index in [2.05, 4.69) is 80.5 Å². The highest BCUT2D eigenvalue weighted by Crippen LogP contribution is 2.39. The van der Waals surface area contributed by atoms with E-state index in [4.69, 9.17) is 0 Å². The Labute approximate surface area is 250 Å². The average Bonchev–Trinajstić information content (AvgIpc) is 3.78. The first kappa shape index (κ1) is 28.1. The molecule has 214 valence electrons. The van der Waals surface area contributed by atoms with Crippen LogP contribution < -0.4 is 10.2 Å². The monoisotopic (exact) mass is 586 g/mol.